The van der Waals surface area contributed by atoms with Crippen LogP contribution in [0.1, 0.15) is 41.0 Å². The zero-order valence-electron chi connectivity index (χ0n) is 23.8. The lowest BCUT2D eigenvalue weighted by atomic mass is 10.0. The van der Waals surface area contributed by atoms with Gasteiger partial charge in [-0.1, -0.05) is 29.8 Å². The molecule has 3 N–H and O–H groups in total. The first kappa shape index (κ1) is 35.2. The number of amides is 3. The van der Waals surface area contributed by atoms with Gasteiger partial charge in [-0.25, -0.2) is 8.78 Å². The number of Topliss-reactive ketones (excluding diaryl/α,β-unsaturated/α-hetero) is 1. The molecule has 0 aromatic heterocycles. The van der Waals surface area contributed by atoms with E-state index in [1.54, 1.807) is 12.1 Å². The van der Waals surface area contributed by atoms with E-state index in [1.807, 2.05) is 0 Å². The number of carbonyl (C=O) groups excluding carboxylic acids is 5. The number of nitrogens with one attached hydrogen (secondary N) is 3. The first-order valence-corrected chi connectivity index (χ1v) is 13.6. The molecule has 0 saturated carbocycles. The van der Waals surface area contributed by atoms with E-state index >= 15 is 0 Å². The highest BCUT2D eigenvalue weighted by atomic mass is 79.9. The van der Waals surface area contributed by atoms with E-state index in [1.165, 1.54) is 46.8 Å². The molecule has 0 radical (unpaired) electrons. The second-order valence-corrected chi connectivity index (χ2v) is 11.5. The number of ether oxygens (including phenoxy) is 2. The highest BCUT2D eigenvalue weighted by Crippen LogP contribution is 2.26. The lowest BCUT2D eigenvalue weighted by Crippen LogP contribution is -2.56. The zero-order chi connectivity index (χ0) is 32.6. The summed E-state index contributed by atoms with van der Waals surface area (Å²) in [6.45, 7) is 6.44. The summed E-state index contributed by atoms with van der Waals surface area (Å²) in [5, 5.41) is 6.86. The molecular weight excluding hydrogens is 646 g/mol. The topological polar surface area (TPSA) is 140 Å². The number of benzene rings is 2. The molecule has 0 spiro atoms. The van der Waals surface area contributed by atoms with Crippen molar-refractivity contribution in [3.8, 4) is 5.75 Å². The number of rotatable bonds is 11. The molecule has 0 aliphatic rings. The number of anilines is 1. The Morgan fingerprint density at radius 1 is 0.884 bits per heavy atom. The summed E-state index contributed by atoms with van der Waals surface area (Å²) in [6.07, 6.45) is -0.781. The maximum absolute atomic E-state index is 14.0. The highest BCUT2D eigenvalue weighted by molar-refractivity contribution is 9.10. The van der Waals surface area contributed by atoms with Crippen LogP contribution in [0.2, 0.25) is 0 Å². The van der Waals surface area contributed by atoms with Crippen LogP contribution >= 0.6 is 15.9 Å². The molecule has 3 amide bonds. The van der Waals surface area contributed by atoms with Gasteiger partial charge in [0.05, 0.1) is 6.42 Å². The molecule has 0 saturated heterocycles. The SMILES string of the molecule is CC(C)[C@H](NC(=O)C(=O)Nc1ccc(Br)cc1)C(=O)N[C@@H](CC(=O)OC(C)(C)C)C(=O)COc1c(F)c(F)cc(F)c1F. The van der Waals surface area contributed by atoms with Gasteiger partial charge in [-0.15, -0.1) is 0 Å². The first-order chi connectivity index (χ1) is 19.9. The van der Waals surface area contributed by atoms with Crippen LogP contribution in [-0.4, -0.2) is 53.8 Å². The molecule has 10 nitrogen and oxygen atoms in total. The van der Waals surface area contributed by atoms with Gasteiger partial charge in [-0.3, -0.25) is 24.0 Å². The fraction of sp³-hybridized carbons (Fsp3) is 0.393. The summed E-state index contributed by atoms with van der Waals surface area (Å²) in [4.78, 5) is 63.6. The van der Waals surface area contributed by atoms with E-state index < -0.39 is 95.1 Å². The smallest absolute Gasteiger partial charge is 0.313 e. The van der Waals surface area contributed by atoms with E-state index in [-0.39, 0.29) is 6.07 Å². The van der Waals surface area contributed by atoms with Crippen molar-refractivity contribution in [1.82, 2.24) is 10.6 Å². The summed E-state index contributed by atoms with van der Waals surface area (Å²) < 4.78 is 65.7. The molecule has 0 heterocycles. The molecule has 0 unspecified atom stereocenters. The third-order valence-electron chi connectivity index (χ3n) is 5.47. The maximum Gasteiger partial charge on any atom is 0.313 e. The van der Waals surface area contributed by atoms with Crippen LogP contribution < -0.4 is 20.7 Å². The van der Waals surface area contributed by atoms with Crippen LogP contribution in [0.4, 0.5) is 23.2 Å². The predicted molar refractivity (Wildman–Crippen MR) is 149 cm³/mol. The average Bonchev–Trinajstić information content (AvgIpc) is 2.89. The van der Waals surface area contributed by atoms with Crippen molar-refractivity contribution < 1.29 is 51.0 Å². The van der Waals surface area contributed by atoms with E-state index in [2.05, 4.69) is 31.9 Å². The summed E-state index contributed by atoms with van der Waals surface area (Å²) in [7, 11) is 0. The van der Waals surface area contributed by atoms with E-state index in [4.69, 9.17) is 9.47 Å². The fourth-order valence-electron chi connectivity index (χ4n) is 3.44. The Balaban J connectivity index is 2.22. The molecule has 43 heavy (non-hydrogen) atoms. The van der Waals surface area contributed by atoms with Crippen LogP contribution in [0.25, 0.3) is 0 Å². The van der Waals surface area contributed by atoms with Gasteiger partial charge in [0.2, 0.25) is 17.5 Å². The Kier molecular flexibility index (Phi) is 12.2. The van der Waals surface area contributed by atoms with E-state index in [9.17, 15) is 41.5 Å². The van der Waals surface area contributed by atoms with Crippen molar-refractivity contribution in [3.63, 3.8) is 0 Å². The molecule has 0 fully saturated rings. The average molecular weight is 676 g/mol. The van der Waals surface area contributed by atoms with Gasteiger partial charge in [0.15, 0.2) is 23.2 Å². The van der Waals surface area contributed by atoms with Crippen LogP contribution in [-0.2, 0) is 28.7 Å². The normalized spacial score (nSPS) is 12.6. The third kappa shape index (κ3) is 10.6. The van der Waals surface area contributed by atoms with Crippen LogP contribution in [0, 0.1) is 29.2 Å². The molecule has 234 valence electrons. The third-order valence-corrected chi connectivity index (χ3v) is 6.00. The molecule has 2 aromatic carbocycles. The molecule has 15 heteroatoms. The predicted octanol–water partition coefficient (Wildman–Crippen LogP) is 3.95. The van der Waals surface area contributed by atoms with Crippen molar-refractivity contribution in [2.45, 2.75) is 58.7 Å². The van der Waals surface area contributed by atoms with E-state index in [0.29, 0.717) is 5.69 Å². The number of carbonyl (C=O) groups is 5. The Hall–Kier alpha value is -4.01. The zero-order valence-corrected chi connectivity index (χ0v) is 25.4. The highest BCUT2D eigenvalue weighted by Gasteiger charge is 2.33. The summed E-state index contributed by atoms with van der Waals surface area (Å²) in [6, 6.07) is 3.10. The van der Waals surface area contributed by atoms with Crippen LogP contribution in [0.3, 0.4) is 0 Å². The number of halogens is 5. The maximum atomic E-state index is 14.0. The Labute approximate surface area is 253 Å². The van der Waals surface area contributed by atoms with Crippen molar-refractivity contribution in [1.29, 1.82) is 0 Å². The van der Waals surface area contributed by atoms with Gasteiger partial charge in [0.25, 0.3) is 0 Å². The molecule has 0 bridgehead atoms. The largest absolute Gasteiger partial charge is 0.479 e. The minimum atomic E-state index is -1.90. The van der Waals surface area contributed by atoms with Crippen molar-refractivity contribution in [2.24, 2.45) is 5.92 Å². The van der Waals surface area contributed by atoms with Gasteiger partial charge >= 0.3 is 17.8 Å². The molecule has 2 aromatic rings. The molecular formula is C28H30BrF4N3O7. The lowest BCUT2D eigenvalue weighted by Gasteiger charge is -2.26. The molecule has 2 atom stereocenters. The van der Waals surface area contributed by atoms with Crippen LogP contribution in [0.5, 0.6) is 5.75 Å². The van der Waals surface area contributed by atoms with Gasteiger partial charge in [-0.05, 0) is 51.0 Å². The minimum absolute atomic E-state index is 0.0512. The minimum Gasteiger partial charge on any atom is -0.479 e. The van der Waals surface area contributed by atoms with Gasteiger partial charge in [-0.2, -0.15) is 8.78 Å². The lowest BCUT2D eigenvalue weighted by molar-refractivity contribution is -0.156. The van der Waals surface area contributed by atoms with Crippen molar-refractivity contribution in [2.75, 3.05) is 11.9 Å². The Morgan fingerprint density at radius 3 is 1.95 bits per heavy atom. The molecule has 0 aliphatic carbocycles. The van der Waals surface area contributed by atoms with Gasteiger partial charge in [0, 0.05) is 16.2 Å². The Morgan fingerprint density at radius 2 is 1.44 bits per heavy atom. The number of hydrogen-bond acceptors (Lipinski definition) is 7. The van der Waals surface area contributed by atoms with Crippen LogP contribution in [0.15, 0.2) is 34.8 Å². The van der Waals surface area contributed by atoms with Gasteiger partial charge < -0.3 is 25.4 Å². The standard InChI is InChI=1S/C28H30BrF4N3O7/c1-13(2)23(36-27(41)26(40)34-15-8-6-14(29)7-9-15)25(39)35-18(11-20(38)43-28(3,4)5)19(37)12-42-24-21(32)16(30)10-17(31)22(24)33/h6-10,13,18,23H,11-12H2,1-5H3,(H,34,40)(H,35,39)(H,36,41)/t18-,23-/m0/s1. The number of esters is 1. The fourth-order valence-corrected chi connectivity index (χ4v) is 3.71. The first-order valence-electron chi connectivity index (χ1n) is 12.8. The number of ketones is 1. The molecule has 0 aliphatic heterocycles. The van der Waals surface area contributed by atoms with Gasteiger partial charge in [0.1, 0.15) is 24.3 Å². The number of hydrogen-bond donors (Lipinski definition) is 3. The van der Waals surface area contributed by atoms with E-state index in [0.717, 1.165) is 4.47 Å². The summed E-state index contributed by atoms with van der Waals surface area (Å²) >= 11 is 3.24. The summed E-state index contributed by atoms with van der Waals surface area (Å²) in [5.41, 5.74) is -0.698. The second-order valence-electron chi connectivity index (χ2n) is 10.6. The monoisotopic (exact) mass is 675 g/mol. The van der Waals surface area contributed by atoms with Crippen molar-refractivity contribution >= 4 is 51.1 Å². The van der Waals surface area contributed by atoms with Crippen molar-refractivity contribution in [3.05, 3.63) is 58.1 Å². The second kappa shape index (κ2) is 14.9. The Bertz CT molecular complexity index is 1360. The summed E-state index contributed by atoms with van der Waals surface area (Å²) in [5.74, 6) is -14.9. The molecule has 2 rings (SSSR count). The quantitative estimate of drug-likeness (QED) is 0.142.